The molecule has 0 spiro atoms. The van der Waals surface area contributed by atoms with Crippen LogP contribution in [0.5, 0.6) is 0 Å². The minimum absolute atomic E-state index is 0.480. The molecule has 0 unspecified atom stereocenters. The number of piperidine rings is 1. The van der Waals surface area contributed by atoms with E-state index in [-0.39, 0.29) is 0 Å². The van der Waals surface area contributed by atoms with E-state index in [1.165, 1.54) is 37.1 Å². The molecular formula is C22H29N3O. The molecule has 2 aromatic rings. The molecule has 4 rings (SSSR count). The number of hydrogen-bond donors (Lipinski definition) is 1. The van der Waals surface area contributed by atoms with E-state index in [4.69, 9.17) is 4.74 Å². The summed E-state index contributed by atoms with van der Waals surface area (Å²) >= 11 is 0. The smallest absolute Gasteiger partial charge is 0.0623 e. The molecule has 0 amide bonds. The summed E-state index contributed by atoms with van der Waals surface area (Å²) in [5, 5.41) is 3.91. The molecule has 2 saturated heterocycles. The van der Waals surface area contributed by atoms with Crippen LogP contribution in [0.25, 0.3) is 0 Å². The SMILES string of the molecule is c1ccc(CN2CCC(N[C@@H]3COC[C@H]3Cc3ccncc3)CC2)cc1. The van der Waals surface area contributed by atoms with Gasteiger partial charge in [0.1, 0.15) is 0 Å². The Balaban J connectivity index is 1.24. The fourth-order valence-electron chi connectivity index (χ4n) is 4.21. The van der Waals surface area contributed by atoms with E-state index < -0.39 is 0 Å². The molecule has 1 aromatic carbocycles. The van der Waals surface area contributed by atoms with E-state index in [0.29, 0.717) is 18.0 Å². The Bertz CT molecular complexity index is 656. The molecule has 0 radical (unpaired) electrons. The molecule has 2 fully saturated rings. The number of hydrogen-bond acceptors (Lipinski definition) is 4. The Morgan fingerprint density at radius 2 is 1.73 bits per heavy atom. The van der Waals surface area contributed by atoms with Gasteiger partial charge in [0.25, 0.3) is 0 Å². The summed E-state index contributed by atoms with van der Waals surface area (Å²) in [5.41, 5.74) is 2.78. The van der Waals surface area contributed by atoms with Crippen LogP contribution in [0.4, 0.5) is 0 Å². The largest absolute Gasteiger partial charge is 0.379 e. The zero-order valence-corrected chi connectivity index (χ0v) is 15.4. The van der Waals surface area contributed by atoms with Crippen LogP contribution in [0.15, 0.2) is 54.9 Å². The number of nitrogens with one attached hydrogen (secondary N) is 1. The van der Waals surface area contributed by atoms with Crippen LogP contribution in [0, 0.1) is 5.92 Å². The van der Waals surface area contributed by atoms with Gasteiger partial charge in [-0.05, 0) is 55.6 Å². The maximum absolute atomic E-state index is 5.80. The van der Waals surface area contributed by atoms with Gasteiger partial charge in [-0.15, -0.1) is 0 Å². The second-order valence-corrected chi connectivity index (χ2v) is 7.67. The zero-order chi connectivity index (χ0) is 17.6. The molecule has 0 saturated carbocycles. The fourth-order valence-corrected chi connectivity index (χ4v) is 4.21. The van der Waals surface area contributed by atoms with Crippen molar-refractivity contribution in [1.82, 2.24) is 15.2 Å². The molecule has 4 nitrogen and oxygen atoms in total. The van der Waals surface area contributed by atoms with Crippen LogP contribution >= 0.6 is 0 Å². The van der Waals surface area contributed by atoms with E-state index in [1.54, 1.807) is 0 Å². The zero-order valence-electron chi connectivity index (χ0n) is 15.4. The highest BCUT2D eigenvalue weighted by Crippen LogP contribution is 2.22. The van der Waals surface area contributed by atoms with Crippen LogP contribution in [-0.4, -0.2) is 48.3 Å². The van der Waals surface area contributed by atoms with E-state index >= 15 is 0 Å². The predicted molar refractivity (Wildman–Crippen MR) is 104 cm³/mol. The van der Waals surface area contributed by atoms with Crippen molar-refractivity contribution < 1.29 is 4.74 Å². The topological polar surface area (TPSA) is 37.4 Å². The van der Waals surface area contributed by atoms with Crippen molar-refractivity contribution in [3.63, 3.8) is 0 Å². The average molecular weight is 351 g/mol. The summed E-state index contributed by atoms with van der Waals surface area (Å²) in [4.78, 5) is 6.69. The van der Waals surface area contributed by atoms with Crippen molar-refractivity contribution in [3.05, 3.63) is 66.0 Å². The Labute approximate surface area is 156 Å². The number of ether oxygens (including phenoxy) is 1. The molecule has 3 heterocycles. The van der Waals surface area contributed by atoms with Gasteiger partial charge in [-0.1, -0.05) is 30.3 Å². The number of rotatable bonds is 6. The first-order valence-electron chi connectivity index (χ1n) is 9.86. The molecule has 0 aliphatic carbocycles. The number of likely N-dealkylation sites (tertiary alicyclic amines) is 1. The van der Waals surface area contributed by atoms with Crippen molar-refractivity contribution in [3.8, 4) is 0 Å². The summed E-state index contributed by atoms with van der Waals surface area (Å²) in [7, 11) is 0. The number of nitrogens with zero attached hydrogens (tertiary/aromatic N) is 2. The highest BCUT2D eigenvalue weighted by Gasteiger charge is 2.31. The first-order valence-corrected chi connectivity index (χ1v) is 9.86. The maximum atomic E-state index is 5.80. The average Bonchev–Trinajstić information content (AvgIpc) is 3.12. The lowest BCUT2D eigenvalue weighted by atomic mass is 9.93. The van der Waals surface area contributed by atoms with Gasteiger partial charge in [-0.2, -0.15) is 0 Å². The molecule has 138 valence electrons. The van der Waals surface area contributed by atoms with E-state index in [1.807, 2.05) is 12.4 Å². The molecular weight excluding hydrogens is 322 g/mol. The minimum Gasteiger partial charge on any atom is -0.379 e. The molecule has 2 atom stereocenters. The highest BCUT2D eigenvalue weighted by atomic mass is 16.5. The lowest BCUT2D eigenvalue weighted by molar-refractivity contribution is 0.167. The Morgan fingerprint density at radius 1 is 0.962 bits per heavy atom. The number of pyridine rings is 1. The Hall–Kier alpha value is -1.75. The monoisotopic (exact) mass is 351 g/mol. The third-order valence-electron chi connectivity index (χ3n) is 5.73. The quantitative estimate of drug-likeness (QED) is 0.868. The van der Waals surface area contributed by atoms with Crippen LogP contribution in [0.1, 0.15) is 24.0 Å². The predicted octanol–water partition coefficient (Wildman–Crippen LogP) is 2.89. The lowest BCUT2D eigenvalue weighted by Crippen LogP contribution is -2.48. The van der Waals surface area contributed by atoms with Gasteiger partial charge in [0, 0.05) is 36.9 Å². The summed E-state index contributed by atoms with van der Waals surface area (Å²) in [5.74, 6) is 0.569. The summed E-state index contributed by atoms with van der Waals surface area (Å²) < 4.78 is 5.80. The van der Waals surface area contributed by atoms with Crippen LogP contribution in [0.3, 0.4) is 0 Å². The van der Waals surface area contributed by atoms with Crippen LogP contribution < -0.4 is 5.32 Å². The van der Waals surface area contributed by atoms with E-state index in [2.05, 4.69) is 57.7 Å². The van der Waals surface area contributed by atoms with Crippen molar-refractivity contribution in [2.24, 2.45) is 5.92 Å². The third kappa shape index (κ3) is 4.70. The van der Waals surface area contributed by atoms with E-state index in [9.17, 15) is 0 Å². The summed E-state index contributed by atoms with van der Waals surface area (Å²) in [6.45, 7) is 5.14. The first kappa shape index (κ1) is 17.7. The molecule has 2 aliphatic heterocycles. The molecule has 2 aliphatic rings. The van der Waals surface area contributed by atoms with Gasteiger partial charge < -0.3 is 10.1 Å². The van der Waals surface area contributed by atoms with Gasteiger partial charge >= 0.3 is 0 Å². The van der Waals surface area contributed by atoms with Gasteiger partial charge in [0.15, 0.2) is 0 Å². The van der Waals surface area contributed by atoms with Crippen molar-refractivity contribution in [1.29, 1.82) is 0 Å². The van der Waals surface area contributed by atoms with Crippen molar-refractivity contribution in [2.45, 2.75) is 37.9 Å². The second-order valence-electron chi connectivity index (χ2n) is 7.67. The number of benzene rings is 1. The molecule has 26 heavy (non-hydrogen) atoms. The third-order valence-corrected chi connectivity index (χ3v) is 5.73. The summed E-state index contributed by atoms with van der Waals surface area (Å²) in [6.07, 6.45) is 7.30. The molecule has 1 aromatic heterocycles. The molecule has 4 heteroatoms. The van der Waals surface area contributed by atoms with Gasteiger partial charge in [0.2, 0.25) is 0 Å². The second kappa shape index (κ2) is 8.76. The van der Waals surface area contributed by atoms with Gasteiger partial charge in [0.05, 0.1) is 13.2 Å². The van der Waals surface area contributed by atoms with E-state index in [0.717, 1.165) is 26.2 Å². The van der Waals surface area contributed by atoms with Crippen LogP contribution in [0.2, 0.25) is 0 Å². The Kier molecular flexibility index (Phi) is 5.95. The van der Waals surface area contributed by atoms with Gasteiger partial charge in [-0.3, -0.25) is 9.88 Å². The van der Waals surface area contributed by atoms with Crippen LogP contribution in [-0.2, 0) is 17.7 Å². The van der Waals surface area contributed by atoms with Gasteiger partial charge in [-0.25, -0.2) is 0 Å². The molecule has 1 N–H and O–H groups in total. The maximum Gasteiger partial charge on any atom is 0.0623 e. The van der Waals surface area contributed by atoms with Crippen molar-refractivity contribution in [2.75, 3.05) is 26.3 Å². The highest BCUT2D eigenvalue weighted by molar-refractivity contribution is 5.14. The summed E-state index contributed by atoms with van der Waals surface area (Å²) in [6, 6.07) is 16.1. The fraction of sp³-hybridized carbons (Fsp3) is 0.500. The lowest BCUT2D eigenvalue weighted by Gasteiger charge is -2.34. The number of aromatic nitrogens is 1. The normalized spacial score (nSPS) is 24.8. The molecule has 0 bridgehead atoms. The Morgan fingerprint density at radius 3 is 2.50 bits per heavy atom. The van der Waals surface area contributed by atoms with Crippen molar-refractivity contribution >= 4 is 0 Å². The first-order chi connectivity index (χ1) is 12.9. The minimum atomic E-state index is 0.480. The standard InChI is InChI=1S/C22H29N3O/c1-2-4-19(5-3-1)15-25-12-8-21(9-13-25)24-22-17-26-16-20(22)14-18-6-10-23-11-7-18/h1-7,10-11,20-22,24H,8-9,12-17H2/t20-,22-/m1/s1.